The van der Waals surface area contributed by atoms with Crippen LogP contribution in [0.5, 0.6) is 0 Å². The van der Waals surface area contributed by atoms with Gasteiger partial charge in [0.15, 0.2) is 0 Å². The van der Waals surface area contributed by atoms with E-state index in [2.05, 4.69) is 16.8 Å². The van der Waals surface area contributed by atoms with Crippen LogP contribution in [0.3, 0.4) is 0 Å². The fraction of sp³-hybridized carbons (Fsp3) is 0.0909. The Morgan fingerprint density at radius 1 is 1.25 bits per heavy atom. The molecule has 2 rings (SSSR count). The molecule has 0 bridgehead atoms. The van der Waals surface area contributed by atoms with Crippen molar-refractivity contribution in [2.45, 2.75) is 6.42 Å². The average Bonchev–Trinajstić information content (AvgIpc) is 2.06. The maximum absolute atomic E-state index is 4.28. The fourth-order valence-corrected chi connectivity index (χ4v) is 1.21. The van der Waals surface area contributed by atoms with E-state index in [9.17, 15) is 0 Å². The summed E-state index contributed by atoms with van der Waals surface area (Å²) >= 11 is 0. The van der Waals surface area contributed by atoms with E-state index in [0.29, 0.717) is 0 Å². The zero-order chi connectivity index (χ0) is 8.23. The summed E-state index contributed by atoms with van der Waals surface area (Å²) in [5, 5.41) is 0. The van der Waals surface area contributed by atoms with Gasteiger partial charge in [0.25, 0.3) is 0 Å². The highest BCUT2D eigenvalue weighted by Crippen LogP contribution is 2.19. The Labute approximate surface area is 71.8 Å². The molecule has 1 nitrogen and oxygen atoms in total. The summed E-state index contributed by atoms with van der Waals surface area (Å²) in [5.41, 5.74) is 5.35. The van der Waals surface area contributed by atoms with Crippen LogP contribution in [0.1, 0.15) is 5.56 Å². The number of para-hydroxylation sites is 1. The van der Waals surface area contributed by atoms with E-state index < -0.39 is 0 Å². The molecule has 12 heavy (non-hydrogen) atoms. The molecule has 0 aromatic heterocycles. The molecule has 0 atom stereocenters. The van der Waals surface area contributed by atoms with Gasteiger partial charge < -0.3 is 0 Å². The molecule has 1 heteroatoms. The van der Waals surface area contributed by atoms with E-state index >= 15 is 0 Å². The predicted molar refractivity (Wildman–Crippen MR) is 51.0 cm³/mol. The number of aliphatic imine (C=N–C) groups is 1. The molecular formula is C11H9N. The zero-order valence-corrected chi connectivity index (χ0v) is 6.70. The van der Waals surface area contributed by atoms with Gasteiger partial charge in [-0.25, -0.2) is 0 Å². The van der Waals surface area contributed by atoms with Gasteiger partial charge in [0.05, 0.1) is 5.69 Å². The molecule has 1 aliphatic rings. The molecule has 0 unspecified atom stereocenters. The van der Waals surface area contributed by atoms with Gasteiger partial charge in [-0.3, -0.25) is 4.99 Å². The largest absolute Gasteiger partial charge is 0.256 e. The number of hydrogen-bond acceptors (Lipinski definition) is 1. The number of hydrogen-bond donors (Lipinski definition) is 0. The zero-order valence-electron chi connectivity index (χ0n) is 6.70. The Bertz CT molecular complexity index is 368. The first kappa shape index (κ1) is 7.08. The number of benzene rings is 1. The van der Waals surface area contributed by atoms with Crippen molar-refractivity contribution in [3.05, 3.63) is 47.7 Å². The van der Waals surface area contributed by atoms with Gasteiger partial charge in [0.2, 0.25) is 0 Å². The van der Waals surface area contributed by atoms with Gasteiger partial charge >= 0.3 is 0 Å². The van der Waals surface area contributed by atoms with Crippen molar-refractivity contribution in [3.63, 3.8) is 0 Å². The van der Waals surface area contributed by atoms with Crippen LogP contribution in [0.25, 0.3) is 0 Å². The van der Waals surface area contributed by atoms with Crippen molar-refractivity contribution in [1.82, 2.24) is 0 Å². The van der Waals surface area contributed by atoms with Crippen molar-refractivity contribution >= 4 is 11.9 Å². The number of allylic oxidation sites excluding steroid dienone is 1. The minimum absolute atomic E-state index is 0.921. The van der Waals surface area contributed by atoms with Crippen LogP contribution in [0.2, 0.25) is 0 Å². The molecule has 0 N–H and O–H groups in total. The second kappa shape index (κ2) is 3.21. The smallest absolute Gasteiger partial charge is 0.0665 e. The quantitative estimate of drug-likeness (QED) is 0.511. The Morgan fingerprint density at radius 3 is 3.17 bits per heavy atom. The van der Waals surface area contributed by atoms with E-state index in [1.165, 1.54) is 5.56 Å². The maximum atomic E-state index is 4.28. The molecule has 58 valence electrons. The molecule has 0 saturated heterocycles. The highest BCUT2D eigenvalue weighted by atomic mass is 14.7. The number of nitrogens with zero attached hydrogens (tertiary/aromatic N) is 1. The molecule has 1 aromatic carbocycles. The summed E-state index contributed by atoms with van der Waals surface area (Å²) < 4.78 is 0. The van der Waals surface area contributed by atoms with Crippen LogP contribution < -0.4 is 0 Å². The lowest BCUT2D eigenvalue weighted by Gasteiger charge is -2.01. The molecule has 0 saturated carbocycles. The maximum Gasteiger partial charge on any atom is 0.0665 e. The lowest BCUT2D eigenvalue weighted by molar-refractivity contribution is 1.25. The summed E-state index contributed by atoms with van der Waals surface area (Å²) in [7, 11) is 0. The van der Waals surface area contributed by atoms with Crippen LogP contribution in [0.4, 0.5) is 5.69 Å². The standard InChI is InChI=1S/C11H9N/c1-2-6-10-7-3-4-8-11(10)12-9-5-1/h2-5,7-9H,6H2/b12-9-. The van der Waals surface area contributed by atoms with Crippen molar-refractivity contribution in [1.29, 1.82) is 0 Å². The normalized spacial score (nSPS) is 16.3. The van der Waals surface area contributed by atoms with E-state index in [-0.39, 0.29) is 0 Å². The third kappa shape index (κ3) is 1.36. The van der Waals surface area contributed by atoms with E-state index in [1.54, 1.807) is 6.21 Å². The van der Waals surface area contributed by atoms with Crippen LogP contribution in [-0.4, -0.2) is 6.21 Å². The van der Waals surface area contributed by atoms with Gasteiger partial charge in [-0.1, -0.05) is 18.2 Å². The molecule has 0 aliphatic carbocycles. The first-order valence-electron chi connectivity index (χ1n) is 3.98. The third-order valence-electron chi connectivity index (χ3n) is 1.82. The van der Waals surface area contributed by atoms with Crippen LogP contribution >= 0.6 is 0 Å². The molecule has 1 heterocycles. The van der Waals surface area contributed by atoms with Crippen molar-refractivity contribution in [3.8, 4) is 0 Å². The van der Waals surface area contributed by atoms with E-state index in [0.717, 1.165) is 12.1 Å². The third-order valence-corrected chi connectivity index (χ3v) is 1.82. The minimum atomic E-state index is 0.921. The molecule has 1 aliphatic heterocycles. The second-order valence-corrected chi connectivity index (χ2v) is 2.65. The first-order chi connectivity index (χ1) is 5.97. The fourth-order valence-electron chi connectivity index (χ4n) is 1.21. The summed E-state index contributed by atoms with van der Waals surface area (Å²) in [5.74, 6) is 0. The van der Waals surface area contributed by atoms with Gasteiger partial charge in [-0.2, -0.15) is 0 Å². The van der Waals surface area contributed by atoms with Crippen molar-refractivity contribution in [2.75, 3.05) is 0 Å². The predicted octanol–water partition coefficient (Wildman–Crippen LogP) is 2.66. The minimum Gasteiger partial charge on any atom is -0.256 e. The average molecular weight is 155 g/mol. The highest BCUT2D eigenvalue weighted by molar-refractivity contribution is 5.75. The molecule has 1 aromatic rings. The van der Waals surface area contributed by atoms with E-state index in [1.807, 2.05) is 30.4 Å². The van der Waals surface area contributed by atoms with Gasteiger partial charge in [0.1, 0.15) is 0 Å². The van der Waals surface area contributed by atoms with Gasteiger partial charge in [-0.15, -0.1) is 5.73 Å². The van der Waals surface area contributed by atoms with Crippen LogP contribution in [0.15, 0.2) is 47.1 Å². The Kier molecular flexibility index (Phi) is 1.89. The molecule has 0 fully saturated rings. The van der Waals surface area contributed by atoms with Gasteiger partial charge in [-0.05, 0) is 23.8 Å². The van der Waals surface area contributed by atoms with Crippen LogP contribution in [-0.2, 0) is 6.42 Å². The second-order valence-electron chi connectivity index (χ2n) is 2.65. The molecule has 0 spiro atoms. The summed E-state index contributed by atoms with van der Waals surface area (Å²) in [6, 6.07) is 8.16. The molecular weight excluding hydrogens is 146 g/mol. The summed E-state index contributed by atoms with van der Waals surface area (Å²) in [4.78, 5) is 4.28. The number of rotatable bonds is 0. The SMILES string of the molecule is C1=C/C=N\c2ccccc2CC=1. The van der Waals surface area contributed by atoms with Crippen LogP contribution in [0, 0.1) is 0 Å². The molecule has 0 amide bonds. The summed E-state index contributed by atoms with van der Waals surface area (Å²) in [6.07, 6.45) is 6.54. The van der Waals surface area contributed by atoms with Crippen molar-refractivity contribution < 1.29 is 0 Å². The number of fused-ring (bicyclic) bond motifs is 1. The Morgan fingerprint density at radius 2 is 2.17 bits per heavy atom. The molecule has 0 radical (unpaired) electrons. The monoisotopic (exact) mass is 155 g/mol. The van der Waals surface area contributed by atoms with Gasteiger partial charge in [0, 0.05) is 12.6 Å². The van der Waals surface area contributed by atoms with Crippen molar-refractivity contribution in [2.24, 2.45) is 4.99 Å². The Balaban J connectivity index is 2.51. The lowest BCUT2D eigenvalue weighted by atomic mass is 10.1. The van der Waals surface area contributed by atoms with E-state index in [4.69, 9.17) is 0 Å². The first-order valence-corrected chi connectivity index (χ1v) is 3.98. The lowest BCUT2D eigenvalue weighted by Crippen LogP contribution is -1.82. The topological polar surface area (TPSA) is 12.4 Å². The Hall–Kier alpha value is -1.59. The highest BCUT2D eigenvalue weighted by Gasteiger charge is 1.96. The summed E-state index contributed by atoms with van der Waals surface area (Å²) in [6.45, 7) is 0.